The van der Waals surface area contributed by atoms with Gasteiger partial charge in [0.15, 0.2) is 0 Å². The van der Waals surface area contributed by atoms with Gasteiger partial charge in [0, 0.05) is 0 Å². The Bertz CT molecular complexity index is 468. The standard InChI is InChI=1S/C12H12N2O3/c1-2-17-12(16)11-10(15)8-14(13-11)9-6-4-3-5-7-9/h3-7H,2,8H2,1H3. The Balaban J connectivity index is 2.20. The number of hydrazone groups is 1. The highest BCUT2D eigenvalue weighted by molar-refractivity contribution is 6.66. The average Bonchev–Trinajstić information content (AvgIpc) is 2.73. The van der Waals surface area contributed by atoms with Gasteiger partial charge < -0.3 is 4.74 Å². The van der Waals surface area contributed by atoms with Gasteiger partial charge in [0.05, 0.1) is 12.3 Å². The largest absolute Gasteiger partial charge is 0.461 e. The summed E-state index contributed by atoms with van der Waals surface area (Å²) in [7, 11) is 0. The highest BCUT2D eigenvalue weighted by atomic mass is 16.5. The molecule has 0 fully saturated rings. The molecule has 1 aromatic rings. The SMILES string of the molecule is CCOC(=O)C1=NN(c2ccccc2)CC1=O. The molecule has 5 heteroatoms. The number of carbonyl (C=O) groups excluding carboxylic acids is 2. The first-order chi connectivity index (χ1) is 8.22. The molecule has 1 aliphatic rings. The van der Waals surface area contributed by atoms with E-state index in [-0.39, 0.29) is 24.6 Å². The summed E-state index contributed by atoms with van der Waals surface area (Å²) in [6.07, 6.45) is 0. The first-order valence-corrected chi connectivity index (χ1v) is 5.34. The third-order valence-electron chi connectivity index (χ3n) is 2.30. The number of nitrogens with zero attached hydrogens (tertiary/aromatic N) is 2. The number of hydrogen-bond acceptors (Lipinski definition) is 5. The summed E-state index contributed by atoms with van der Waals surface area (Å²) < 4.78 is 4.76. The van der Waals surface area contributed by atoms with Crippen LogP contribution in [0.25, 0.3) is 0 Å². The van der Waals surface area contributed by atoms with Crippen LogP contribution in [0.2, 0.25) is 0 Å². The number of benzene rings is 1. The van der Waals surface area contributed by atoms with E-state index in [1.807, 2.05) is 30.3 Å². The molecule has 0 aromatic heterocycles. The van der Waals surface area contributed by atoms with Crippen molar-refractivity contribution in [2.24, 2.45) is 5.10 Å². The predicted octanol–water partition coefficient (Wildman–Crippen LogP) is 0.995. The number of carbonyl (C=O) groups is 2. The van der Waals surface area contributed by atoms with Crippen LogP contribution in [0, 0.1) is 0 Å². The summed E-state index contributed by atoms with van der Waals surface area (Å²) in [6.45, 7) is 2.00. The van der Waals surface area contributed by atoms with Crippen LogP contribution in [-0.4, -0.2) is 30.6 Å². The van der Waals surface area contributed by atoms with Gasteiger partial charge >= 0.3 is 5.97 Å². The molecule has 5 nitrogen and oxygen atoms in total. The zero-order valence-electron chi connectivity index (χ0n) is 9.42. The van der Waals surface area contributed by atoms with Gasteiger partial charge in [-0.1, -0.05) is 18.2 Å². The normalized spacial score (nSPS) is 14.8. The van der Waals surface area contributed by atoms with Gasteiger partial charge in [-0.3, -0.25) is 9.80 Å². The van der Waals surface area contributed by atoms with Crippen molar-refractivity contribution in [1.29, 1.82) is 0 Å². The van der Waals surface area contributed by atoms with Crippen molar-refractivity contribution < 1.29 is 14.3 Å². The molecular weight excluding hydrogens is 220 g/mol. The van der Waals surface area contributed by atoms with Crippen molar-refractivity contribution in [1.82, 2.24) is 0 Å². The number of ketones is 1. The lowest BCUT2D eigenvalue weighted by Gasteiger charge is -2.11. The van der Waals surface area contributed by atoms with Crippen molar-refractivity contribution >= 4 is 23.2 Å². The summed E-state index contributed by atoms with van der Waals surface area (Å²) in [5.41, 5.74) is 0.649. The van der Waals surface area contributed by atoms with E-state index in [0.29, 0.717) is 0 Å². The van der Waals surface area contributed by atoms with Crippen LogP contribution in [0.5, 0.6) is 0 Å². The van der Waals surface area contributed by atoms with Crippen LogP contribution in [-0.2, 0) is 14.3 Å². The number of anilines is 1. The summed E-state index contributed by atoms with van der Waals surface area (Å²) in [6, 6.07) is 9.21. The number of rotatable bonds is 3. The van der Waals surface area contributed by atoms with Crippen LogP contribution in [0.4, 0.5) is 5.69 Å². The lowest BCUT2D eigenvalue weighted by Crippen LogP contribution is -2.25. The molecule has 0 bridgehead atoms. The predicted molar refractivity (Wildman–Crippen MR) is 62.9 cm³/mol. The lowest BCUT2D eigenvalue weighted by molar-refractivity contribution is -0.135. The van der Waals surface area contributed by atoms with Gasteiger partial charge in [-0.15, -0.1) is 0 Å². The Labute approximate surface area is 98.7 Å². The fraction of sp³-hybridized carbons (Fsp3) is 0.250. The molecule has 2 rings (SSSR count). The minimum absolute atomic E-state index is 0.0815. The molecule has 0 amide bonds. The maximum absolute atomic E-state index is 11.6. The van der Waals surface area contributed by atoms with Gasteiger partial charge in [0.25, 0.3) is 0 Å². The monoisotopic (exact) mass is 232 g/mol. The van der Waals surface area contributed by atoms with Crippen LogP contribution in [0.1, 0.15) is 6.92 Å². The topological polar surface area (TPSA) is 59.0 Å². The van der Waals surface area contributed by atoms with Gasteiger partial charge in [-0.2, -0.15) is 5.10 Å². The fourth-order valence-corrected chi connectivity index (χ4v) is 1.53. The lowest BCUT2D eigenvalue weighted by atomic mass is 10.2. The van der Waals surface area contributed by atoms with Gasteiger partial charge in [0.1, 0.15) is 6.54 Å². The van der Waals surface area contributed by atoms with Crippen molar-refractivity contribution in [3.63, 3.8) is 0 Å². The van der Waals surface area contributed by atoms with E-state index in [2.05, 4.69) is 5.10 Å². The highest BCUT2D eigenvalue weighted by Crippen LogP contribution is 2.17. The van der Waals surface area contributed by atoms with Gasteiger partial charge in [-0.05, 0) is 19.1 Å². The summed E-state index contributed by atoms with van der Waals surface area (Å²) >= 11 is 0. The number of hydrogen-bond donors (Lipinski definition) is 0. The van der Waals surface area contributed by atoms with Crippen LogP contribution >= 0.6 is 0 Å². The van der Waals surface area contributed by atoms with E-state index in [1.54, 1.807) is 6.92 Å². The summed E-state index contributed by atoms with van der Waals surface area (Å²) in [5, 5.41) is 5.48. The Morgan fingerprint density at radius 2 is 2.12 bits per heavy atom. The molecule has 1 aromatic carbocycles. The van der Waals surface area contributed by atoms with Gasteiger partial charge in [-0.25, -0.2) is 4.79 Å². The molecule has 0 spiro atoms. The molecule has 1 heterocycles. The summed E-state index contributed by atoms with van der Waals surface area (Å²) in [4.78, 5) is 23.0. The molecular formula is C12H12N2O3. The minimum Gasteiger partial charge on any atom is -0.461 e. The number of ether oxygens (including phenoxy) is 1. The van der Waals surface area contributed by atoms with E-state index in [9.17, 15) is 9.59 Å². The molecule has 0 saturated carbocycles. The fourth-order valence-electron chi connectivity index (χ4n) is 1.53. The molecule has 0 aliphatic carbocycles. The van der Waals surface area contributed by atoms with E-state index in [4.69, 9.17) is 4.74 Å². The van der Waals surface area contributed by atoms with Crippen molar-refractivity contribution in [3.05, 3.63) is 30.3 Å². The minimum atomic E-state index is -0.657. The zero-order chi connectivity index (χ0) is 12.3. The molecule has 88 valence electrons. The first kappa shape index (κ1) is 11.3. The Kier molecular flexibility index (Phi) is 3.18. The maximum atomic E-state index is 11.6. The quantitative estimate of drug-likeness (QED) is 0.729. The Morgan fingerprint density at radius 1 is 1.41 bits per heavy atom. The van der Waals surface area contributed by atoms with E-state index < -0.39 is 5.97 Å². The van der Waals surface area contributed by atoms with Crippen LogP contribution < -0.4 is 5.01 Å². The third kappa shape index (κ3) is 2.33. The van der Waals surface area contributed by atoms with Gasteiger partial charge in [0.2, 0.25) is 11.5 Å². The van der Waals surface area contributed by atoms with E-state index >= 15 is 0 Å². The molecule has 1 aliphatic heterocycles. The Morgan fingerprint density at radius 3 is 2.76 bits per heavy atom. The maximum Gasteiger partial charge on any atom is 0.362 e. The molecule has 0 N–H and O–H groups in total. The molecule has 0 atom stereocenters. The first-order valence-electron chi connectivity index (χ1n) is 5.34. The molecule has 17 heavy (non-hydrogen) atoms. The van der Waals surface area contributed by atoms with Crippen molar-refractivity contribution in [2.75, 3.05) is 18.2 Å². The zero-order valence-corrected chi connectivity index (χ0v) is 9.42. The summed E-state index contributed by atoms with van der Waals surface area (Å²) in [5.74, 6) is -0.969. The van der Waals surface area contributed by atoms with Crippen LogP contribution in [0.3, 0.4) is 0 Å². The molecule has 0 unspecified atom stereocenters. The second-order valence-electron chi connectivity index (χ2n) is 3.49. The van der Waals surface area contributed by atoms with E-state index in [1.165, 1.54) is 5.01 Å². The molecule has 0 radical (unpaired) electrons. The molecule has 0 saturated heterocycles. The number of para-hydroxylation sites is 1. The van der Waals surface area contributed by atoms with E-state index in [0.717, 1.165) is 5.69 Å². The average molecular weight is 232 g/mol. The van der Waals surface area contributed by atoms with Crippen LogP contribution in [0.15, 0.2) is 35.4 Å². The van der Waals surface area contributed by atoms with Crippen molar-refractivity contribution in [2.45, 2.75) is 6.92 Å². The third-order valence-corrected chi connectivity index (χ3v) is 2.30. The Hall–Kier alpha value is -2.17. The highest BCUT2D eigenvalue weighted by Gasteiger charge is 2.30. The number of esters is 1. The second kappa shape index (κ2) is 4.78. The van der Waals surface area contributed by atoms with Crippen molar-refractivity contribution in [3.8, 4) is 0 Å². The smallest absolute Gasteiger partial charge is 0.362 e. The second-order valence-corrected chi connectivity index (χ2v) is 3.49. The number of Topliss-reactive ketones (excluding diaryl/α,β-unsaturated/α-hetero) is 1.